The molecule has 16 heavy (non-hydrogen) atoms. The highest BCUT2D eigenvalue weighted by Gasteiger charge is 2.19. The lowest BCUT2D eigenvalue weighted by Crippen LogP contribution is -2.45. The third-order valence-electron chi connectivity index (χ3n) is 1.98. The van der Waals surface area contributed by atoms with Crippen molar-refractivity contribution >= 4 is 15.9 Å². The van der Waals surface area contributed by atoms with Crippen molar-refractivity contribution in [3.8, 4) is 0 Å². The summed E-state index contributed by atoms with van der Waals surface area (Å²) in [5.41, 5.74) is 5.98. The van der Waals surface area contributed by atoms with E-state index in [1.807, 2.05) is 18.2 Å². The standard InChI is InChI=1S/C10H14N2O3S/c1-16(14,15)12-9(10(11)13)7-8-5-3-2-4-6-8/h2-6,9,12H,7H2,1H3,(H2,11,13)/t9-/m1/s1. The van der Waals surface area contributed by atoms with Crippen LogP contribution in [0.15, 0.2) is 30.3 Å². The number of carbonyl (C=O) groups excluding carboxylic acids is 1. The Labute approximate surface area is 94.7 Å². The Bertz CT molecular complexity index is 456. The van der Waals surface area contributed by atoms with Crippen LogP contribution in [0.2, 0.25) is 0 Å². The van der Waals surface area contributed by atoms with Crippen LogP contribution in [0.4, 0.5) is 0 Å². The van der Waals surface area contributed by atoms with E-state index in [0.717, 1.165) is 11.8 Å². The average molecular weight is 242 g/mol. The third kappa shape index (κ3) is 4.41. The van der Waals surface area contributed by atoms with E-state index in [9.17, 15) is 13.2 Å². The van der Waals surface area contributed by atoms with Crippen LogP contribution in [-0.4, -0.2) is 26.6 Å². The Hall–Kier alpha value is -1.40. The van der Waals surface area contributed by atoms with Crippen molar-refractivity contribution in [3.63, 3.8) is 0 Å². The highest BCUT2D eigenvalue weighted by atomic mass is 32.2. The average Bonchev–Trinajstić information content (AvgIpc) is 2.16. The van der Waals surface area contributed by atoms with Gasteiger partial charge in [-0.15, -0.1) is 0 Å². The van der Waals surface area contributed by atoms with Gasteiger partial charge in [0.15, 0.2) is 0 Å². The smallest absolute Gasteiger partial charge is 0.235 e. The molecule has 0 aromatic heterocycles. The number of hydrogen-bond acceptors (Lipinski definition) is 3. The summed E-state index contributed by atoms with van der Waals surface area (Å²) in [6.07, 6.45) is 1.25. The second kappa shape index (κ2) is 5.09. The van der Waals surface area contributed by atoms with Crippen LogP contribution in [-0.2, 0) is 21.2 Å². The molecule has 1 amide bonds. The first kappa shape index (κ1) is 12.7. The molecule has 5 nitrogen and oxygen atoms in total. The van der Waals surface area contributed by atoms with Crippen LogP contribution in [0, 0.1) is 0 Å². The van der Waals surface area contributed by atoms with Gasteiger partial charge in [0.1, 0.15) is 6.04 Å². The number of nitrogens with one attached hydrogen (secondary N) is 1. The van der Waals surface area contributed by atoms with Gasteiger partial charge in [-0.05, 0) is 12.0 Å². The molecular formula is C10H14N2O3S. The second-order valence-corrected chi connectivity index (χ2v) is 5.31. The predicted molar refractivity (Wildman–Crippen MR) is 61.1 cm³/mol. The van der Waals surface area contributed by atoms with Crippen molar-refractivity contribution in [3.05, 3.63) is 35.9 Å². The molecule has 0 unspecified atom stereocenters. The minimum absolute atomic E-state index is 0.253. The summed E-state index contributed by atoms with van der Waals surface area (Å²) in [5.74, 6) is -0.686. The Morgan fingerprint density at radius 1 is 1.38 bits per heavy atom. The minimum atomic E-state index is -3.44. The molecular weight excluding hydrogens is 228 g/mol. The van der Waals surface area contributed by atoms with E-state index >= 15 is 0 Å². The summed E-state index contributed by atoms with van der Waals surface area (Å²) in [6, 6.07) is 8.17. The monoisotopic (exact) mass is 242 g/mol. The number of primary amides is 1. The normalized spacial score (nSPS) is 13.3. The number of nitrogens with two attached hydrogens (primary N) is 1. The van der Waals surface area contributed by atoms with Gasteiger partial charge in [0.2, 0.25) is 15.9 Å². The Balaban J connectivity index is 2.77. The first-order valence-corrected chi connectivity index (χ1v) is 6.58. The van der Waals surface area contributed by atoms with Crippen molar-refractivity contribution in [2.24, 2.45) is 5.73 Å². The zero-order valence-electron chi connectivity index (χ0n) is 8.88. The molecule has 88 valence electrons. The summed E-state index contributed by atoms with van der Waals surface area (Å²) < 4.78 is 24.2. The van der Waals surface area contributed by atoms with E-state index in [-0.39, 0.29) is 6.42 Å². The molecule has 0 saturated carbocycles. The molecule has 1 aromatic carbocycles. The van der Waals surface area contributed by atoms with Gasteiger partial charge in [0.05, 0.1) is 6.26 Å². The molecule has 0 spiro atoms. The van der Waals surface area contributed by atoms with Gasteiger partial charge in [0, 0.05) is 0 Å². The van der Waals surface area contributed by atoms with Crippen LogP contribution < -0.4 is 10.5 Å². The Kier molecular flexibility index (Phi) is 4.03. The first-order valence-electron chi connectivity index (χ1n) is 4.69. The summed E-state index contributed by atoms with van der Waals surface area (Å²) in [4.78, 5) is 11.1. The van der Waals surface area contributed by atoms with E-state index in [2.05, 4.69) is 4.72 Å². The Morgan fingerprint density at radius 3 is 2.38 bits per heavy atom. The molecule has 0 heterocycles. The van der Waals surface area contributed by atoms with Gasteiger partial charge < -0.3 is 5.73 Å². The van der Waals surface area contributed by atoms with Gasteiger partial charge in [-0.3, -0.25) is 4.79 Å². The topological polar surface area (TPSA) is 89.3 Å². The first-order chi connectivity index (χ1) is 7.38. The molecule has 0 bridgehead atoms. The van der Waals surface area contributed by atoms with E-state index < -0.39 is 22.0 Å². The highest BCUT2D eigenvalue weighted by Crippen LogP contribution is 2.03. The number of hydrogen-bond donors (Lipinski definition) is 2. The zero-order valence-corrected chi connectivity index (χ0v) is 9.70. The quantitative estimate of drug-likeness (QED) is 0.738. The molecule has 0 aliphatic heterocycles. The van der Waals surface area contributed by atoms with Crippen LogP contribution in [0.25, 0.3) is 0 Å². The van der Waals surface area contributed by atoms with E-state index in [1.165, 1.54) is 0 Å². The second-order valence-electron chi connectivity index (χ2n) is 3.53. The fourth-order valence-corrected chi connectivity index (χ4v) is 2.02. The van der Waals surface area contributed by atoms with Gasteiger partial charge >= 0.3 is 0 Å². The number of benzene rings is 1. The lowest BCUT2D eigenvalue weighted by molar-refractivity contribution is -0.119. The van der Waals surface area contributed by atoms with Crippen molar-refractivity contribution in [2.45, 2.75) is 12.5 Å². The van der Waals surface area contributed by atoms with Gasteiger partial charge in [-0.25, -0.2) is 13.1 Å². The van der Waals surface area contributed by atoms with E-state index in [4.69, 9.17) is 5.73 Å². The minimum Gasteiger partial charge on any atom is -0.368 e. The third-order valence-corrected chi connectivity index (χ3v) is 2.70. The maximum absolute atomic E-state index is 11.1. The number of amides is 1. The largest absolute Gasteiger partial charge is 0.368 e. The van der Waals surface area contributed by atoms with Crippen LogP contribution >= 0.6 is 0 Å². The molecule has 0 saturated heterocycles. The van der Waals surface area contributed by atoms with Gasteiger partial charge in [-0.1, -0.05) is 30.3 Å². The molecule has 0 aliphatic rings. The fraction of sp³-hybridized carbons (Fsp3) is 0.300. The maximum Gasteiger partial charge on any atom is 0.235 e. The molecule has 0 aliphatic carbocycles. The lowest BCUT2D eigenvalue weighted by Gasteiger charge is -2.13. The predicted octanol–water partition coefficient (Wildman–Crippen LogP) is -0.368. The molecule has 6 heteroatoms. The van der Waals surface area contributed by atoms with Crippen LogP contribution in [0.3, 0.4) is 0 Å². The molecule has 1 rings (SSSR count). The number of rotatable bonds is 5. The maximum atomic E-state index is 11.1. The summed E-state index contributed by atoms with van der Waals surface area (Å²) >= 11 is 0. The molecule has 3 N–H and O–H groups in total. The zero-order chi connectivity index (χ0) is 12.2. The van der Waals surface area contributed by atoms with Crippen LogP contribution in [0.1, 0.15) is 5.56 Å². The fourth-order valence-electron chi connectivity index (χ4n) is 1.31. The molecule has 0 radical (unpaired) electrons. The van der Waals surface area contributed by atoms with E-state index in [0.29, 0.717) is 0 Å². The summed E-state index contributed by atoms with van der Waals surface area (Å²) in [6.45, 7) is 0. The summed E-state index contributed by atoms with van der Waals surface area (Å²) in [5, 5.41) is 0. The van der Waals surface area contributed by atoms with Gasteiger partial charge in [-0.2, -0.15) is 0 Å². The van der Waals surface area contributed by atoms with Crippen molar-refractivity contribution in [1.29, 1.82) is 0 Å². The lowest BCUT2D eigenvalue weighted by atomic mass is 10.1. The van der Waals surface area contributed by atoms with Gasteiger partial charge in [0.25, 0.3) is 0 Å². The van der Waals surface area contributed by atoms with Crippen molar-refractivity contribution < 1.29 is 13.2 Å². The van der Waals surface area contributed by atoms with E-state index in [1.54, 1.807) is 12.1 Å². The molecule has 1 aromatic rings. The number of sulfonamides is 1. The van der Waals surface area contributed by atoms with Crippen LogP contribution in [0.5, 0.6) is 0 Å². The van der Waals surface area contributed by atoms with Crippen molar-refractivity contribution in [2.75, 3.05) is 6.26 Å². The van der Waals surface area contributed by atoms with Crippen molar-refractivity contribution in [1.82, 2.24) is 4.72 Å². The molecule has 1 atom stereocenters. The summed E-state index contributed by atoms with van der Waals surface area (Å²) in [7, 11) is -3.44. The Morgan fingerprint density at radius 2 is 1.94 bits per heavy atom. The molecule has 0 fully saturated rings. The SMILES string of the molecule is CS(=O)(=O)N[C@H](Cc1ccccc1)C(N)=O. The highest BCUT2D eigenvalue weighted by molar-refractivity contribution is 7.88. The number of carbonyl (C=O) groups is 1.